The number of hydrogen-bond donors (Lipinski definition) is 0. The Hall–Kier alpha value is -2.17. The van der Waals surface area contributed by atoms with E-state index in [0.29, 0.717) is 0 Å². The topological polar surface area (TPSA) is 0 Å². The lowest BCUT2D eigenvalue weighted by Gasteiger charge is -2.19. The van der Waals surface area contributed by atoms with Crippen molar-refractivity contribution in [2.75, 3.05) is 0 Å². The molecule has 0 aliphatic rings. The molecule has 0 unspecified atom stereocenters. The minimum absolute atomic E-state index is 0.392. The molecule has 0 bridgehead atoms. The molecule has 0 aliphatic carbocycles. The van der Waals surface area contributed by atoms with E-state index in [4.69, 9.17) is 0 Å². The van der Waals surface area contributed by atoms with E-state index in [9.17, 15) is 0 Å². The zero-order valence-corrected chi connectivity index (χ0v) is 15.3. The molecule has 3 aromatic carbocycles. The van der Waals surface area contributed by atoms with Crippen LogP contribution in [0.1, 0.15) is 22.3 Å². The smallest absolute Gasteiger partial charge is 0.000744 e. The molecule has 0 saturated carbocycles. The lowest BCUT2D eigenvalue weighted by atomic mass is 10.1. The Morgan fingerprint density at radius 2 is 1.17 bits per heavy atom. The molecule has 3 aromatic rings. The van der Waals surface area contributed by atoms with Gasteiger partial charge < -0.3 is 0 Å². The van der Waals surface area contributed by atoms with Crippen molar-refractivity contribution in [1.82, 2.24) is 0 Å². The molecule has 0 spiro atoms. The molecule has 0 saturated heterocycles. The van der Waals surface area contributed by atoms with Crippen LogP contribution < -0.4 is 10.6 Å². The normalized spacial score (nSPS) is 10.8. The van der Waals surface area contributed by atoms with Gasteiger partial charge in [-0.05, 0) is 43.5 Å². The van der Waals surface area contributed by atoms with Crippen molar-refractivity contribution in [2.45, 2.75) is 20.0 Å². The van der Waals surface area contributed by atoms with E-state index in [0.717, 1.165) is 6.16 Å². The van der Waals surface area contributed by atoms with E-state index in [2.05, 4.69) is 93.2 Å². The van der Waals surface area contributed by atoms with E-state index in [-0.39, 0.29) is 0 Å². The summed E-state index contributed by atoms with van der Waals surface area (Å²) in [6, 6.07) is 26.8. The van der Waals surface area contributed by atoms with E-state index < -0.39 is 7.92 Å². The second-order valence-electron chi connectivity index (χ2n) is 6.20. The first-order chi connectivity index (χ1) is 11.7. The van der Waals surface area contributed by atoms with E-state index in [1.54, 1.807) is 0 Å². The largest absolute Gasteiger partial charge is 0.0985 e. The van der Waals surface area contributed by atoms with Crippen molar-refractivity contribution < 1.29 is 0 Å². The summed E-state index contributed by atoms with van der Waals surface area (Å²) in [5.74, 6) is 0. The summed E-state index contributed by atoms with van der Waals surface area (Å²) < 4.78 is 0. The second-order valence-corrected chi connectivity index (χ2v) is 8.41. The van der Waals surface area contributed by atoms with Gasteiger partial charge in [-0.1, -0.05) is 96.6 Å². The standard InChI is InChI=1S/C23H23P/c1-4-20-9-11-21(12-10-20)17-24(22-13-5-18(2)6-14-22)23-15-7-19(3)8-16-23/h4-16H,1,17H2,2-3H3. The van der Waals surface area contributed by atoms with E-state index in [1.807, 2.05) is 6.08 Å². The van der Waals surface area contributed by atoms with Gasteiger partial charge in [0.1, 0.15) is 0 Å². The SMILES string of the molecule is C=Cc1ccc(CP(c2ccc(C)cc2)c2ccc(C)cc2)cc1. The maximum Gasteiger partial charge on any atom is 0.000744 e. The molecule has 3 rings (SSSR count). The summed E-state index contributed by atoms with van der Waals surface area (Å²) in [6.07, 6.45) is 2.96. The zero-order valence-electron chi connectivity index (χ0n) is 14.4. The first kappa shape index (κ1) is 16.7. The summed E-state index contributed by atoms with van der Waals surface area (Å²) in [5, 5.41) is 2.87. The second kappa shape index (κ2) is 7.60. The van der Waals surface area contributed by atoms with Crippen molar-refractivity contribution >= 4 is 24.6 Å². The average Bonchev–Trinajstić information content (AvgIpc) is 2.62. The monoisotopic (exact) mass is 330 g/mol. The first-order valence-electron chi connectivity index (χ1n) is 8.28. The van der Waals surface area contributed by atoms with Crippen LogP contribution in [0.15, 0.2) is 79.4 Å². The summed E-state index contributed by atoms with van der Waals surface area (Å²) in [5.41, 5.74) is 5.18. The summed E-state index contributed by atoms with van der Waals surface area (Å²) >= 11 is 0. The fraction of sp³-hybridized carbons (Fsp3) is 0.130. The molecule has 0 aromatic heterocycles. The maximum atomic E-state index is 3.84. The van der Waals surface area contributed by atoms with Gasteiger partial charge in [-0.3, -0.25) is 0 Å². The molecular formula is C23H23P. The van der Waals surface area contributed by atoms with Crippen LogP contribution in [0.2, 0.25) is 0 Å². The van der Waals surface area contributed by atoms with Gasteiger partial charge in [-0.25, -0.2) is 0 Å². The predicted octanol–water partition coefficient (Wildman–Crippen LogP) is 5.58. The molecule has 24 heavy (non-hydrogen) atoms. The van der Waals surface area contributed by atoms with Crippen molar-refractivity contribution in [3.63, 3.8) is 0 Å². The molecule has 0 radical (unpaired) electrons. The molecule has 120 valence electrons. The van der Waals surface area contributed by atoms with Crippen LogP contribution in [0.5, 0.6) is 0 Å². The van der Waals surface area contributed by atoms with Gasteiger partial charge in [0, 0.05) is 6.16 Å². The molecule has 1 heteroatoms. The third-order valence-corrected chi connectivity index (χ3v) is 6.77. The Bertz CT molecular complexity index is 751. The molecule has 0 atom stereocenters. The van der Waals surface area contributed by atoms with Crippen molar-refractivity contribution in [3.05, 3.63) is 102 Å². The Balaban J connectivity index is 1.95. The van der Waals surface area contributed by atoms with E-state index >= 15 is 0 Å². The number of hydrogen-bond acceptors (Lipinski definition) is 0. The highest BCUT2D eigenvalue weighted by atomic mass is 31.1. The third-order valence-electron chi connectivity index (χ3n) is 4.25. The number of rotatable bonds is 5. The van der Waals surface area contributed by atoms with Crippen LogP contribution in [0.4, 0.5) is 0 Å². The summed E-state index contributed by atoms with van der Waals surface area (Å²) in [4.78, 5) is 0. The highest BCUT2D eigenvalue weighted by Gasteiger charge is 2.14. The molecule has 0 nitrogen and oxygen atoms in total. The minimum Gasteiger partial charge on any atom is -0.0985 e. The number of benzene rings is 3. The van der Waals surface area contributed by atoms with Crippen LogP contribution in [0.3, 0.4) is 0 Å². The highest BCUT2D eigenvalue weighted by Crippen LogP contribution is 2.38. The van der Waals surface area contributed by atoms with Crippen LogP contribution >= 0.6 is 7.92 Å². The lowest BCUT2D eigenvalue weighted by molar-refractivity contribution is 1.39. The van der Waals surface area contributed by atoms with Crippen LogP contribution in [-0.4, -0.2) is 0 Å². The molecule has 0 fully saturated rings. The van der Waals surface area contributed by atoms with Gasteiger partial charge in [-0.15, -0.1) is 0 Å². The van der Waals surface area contributed by atoms with Gasteiger partial charge in [-0.2, -0.15) is 0 Å². The van der Waals surface area contributed by atoms with Crippen molar-refractivity contribution in [1.29, 1.82) is 0 Å². The summed E-state index contributed by atoms with van der Waals surface area (Å²) in [7, 11) is -0.392. The van der Waals surface area contributed by atoms with Crippen LogP contribution in [-0.2, 0) is 6.16 Å². The van der Waals surface area contributed by atoms with Gasteiger partial charge in [0.25, 0.3) is 0 Å². The van der Waals surface area contributed by atoms with Crippen LogP contribution in [0, 0.1) is 13.8 Å². The van der Waals surface area contributed by atoms with Gasteiger partial charge >= 0.3 is 0 Å². The predicted molar refractivity (Wildman–Crippen MR) is 109 cm³/mol. The Morgan fingerprint density at radius 3 is 1.58 bits per heavy atom. The van der Waals surface area contributed by atoms with E-state index in [1.165, 1.54) is 32.9 Å². The van der Waals surface area contributed by atoms with Crippen LogP contribution in [0.25, 0.3) is 6.08 Å². The minimum atomic E-state index is -0.392. The Morgan fingerprint density at radius 1 is 0.708 bits per heavy atom. The quantitative estimate of drug-likeness (QED) is 0.536. The highest BCUT2D eigenvalue weighted by molar-refractivity contribution is 7.72. The summed E-state index contributed by atoms with van der Waals surface area (Å²) in [6.45, 7) is 8.13. The molecule has 0 heterocycles. The van der Waals surface area contributed by atoms with Crippen molar-refractivity contribution in [3.8, 4) is 0 Å². The zero-order chi connectivity index (χ0) is 16.9. The van der Waals surface area contributed by atoms with Gasteiger partial charge in [0.2, 0.25) is 0 Å². The third kappa shape index (κ3) is 4.02. The fourth-order valence-electron chi connectivity index (χ4n) is 2.72. The fourth-order valence-corrected chi connectivity index (χ4v) is 4.98. The lowest BCUT2D eigenvalue weighted by Crippen LogP contribution is -2.13. The Kier molecular flexibility index (Phi) is 5.28. The van der Waals surface area contributed by atoms with Gasteiger partial charge in [0.15, 0.2) is 0 Å². The van der Waals surface area contributed by atoms with Gasteiger partial charge in [0.05, 0.1) is 0 Å². The van der Waals surface area contributed by atoms with Crippen molar-refractivity contribution in [2.24, 2.45) is 0 Å². The Labute approximate surface area is 146 Å². The average molecular weight is 330 g/mol. The molecule has 0 aliphatic heterocycles. The molecule has 0 amide bonds. The molecule has 0 N–H and O–H groups in total. The first-order valence-corrected chi connectivity index (χ1v) is 9.80. The number of aryl methyl sites for hydroxylation is 2. The molecular weight excluding hydrogens is 307 g/mol. The maximum absolute atomic E-state index is 3.84.